The first kappa shape index (κ1) is 40.2. The van der Waals surface area contributed by atoms with Crippen molar-refractivity contribution in [3.05, 3.63) is 36.5 Å². The Hall–Kier alpha value is -3.84. The van der Waals surface area contributed by atoms with Crippen molar-refractivity contribution in [2.75, 3.05) is 41.3 Å². The molecule has 2 rings (SSSR count). The van der Waals surface area contributed by atoms with Gasteiger partial charge in [0.25, 0.3) is 5.91 Å². The van der Waals surface area contributed by atoms with Crippen molar-refractivity contribution in [2.24, 2.45) is 17.8 Å². The van der Waals surface area contributed by atoms with Crippen molar-refractivity contribution in [1.29, 1.82) is 0 Å². The monoisotopic (exact) mass is 646 g/mol. The molecule has 0 bridgehead atoms. The van der Waals surface area contributed by atoms with E-state index in [1.165, 1.54) is 4.90 Å². The van der Waals surface area contributed by atoms with E-state index in [1.54, 1.807) is 50.3 Å². The van der Waals surface area contributed by atoms with Gasteiger partial charge in [0, 0.05) is 33.7 Å². The molecular weight excluding hydrogens is 592 g/mol. The van der Waals surface area contributed by atoms with Crippen molar-refractivity contribution >= 4 is 35.3 Å². The maximum atomic E-state index is 13.4. The fourth-order valence-electron chi connectivity index (χ4n) is 5.32. The number of hydrogen-bond acceptors (Lipinski definition) is 8. The highest BCUT2D eigenvalue weighted by Crippen LogP contribution is 2.21. The molecule has 0 aromatic carbocycles. The van der Waals surface area contributed by atoms with Gasteiger partial charge in [0.2, 0.25) is 29.4 Å². The number of nitrogens with one attached hydrogen (secondary N) is 4. The van der Waals surface area contributed by atoms with Crippen LogP contribution in [0.2, 0.25) is 0 Å². The molecule has 1 saturated heterocycles. The highest BCUT2D eigenvalue weighted by molar-refractivity contribution is 6.38. The van der Waals surface area contributed by atoms with E-state index in [2.05, 4.69) is 21.3 Å². The van der Waals surface area contributed by atoms with Crippen LogP contribution in [-0.2, 0) is 28.8 Å². The predicted molar refractivity (Wildman–Crippen MR) is 176 cm³/mol. The molecule has 0 aromatic heterocycles. The number of nitrogens with zero attached hydrogens (tertiary/aromatic N) is 2. The zero-order valence-corrected chi connectivity index (χ0v) is 28.5. The van der Waals surface area contributed by atoms with E-state index in [-0.39, 0.29) is 30.1 Å². The quantitative estimate of drug-likeness (QED) is 0.158. The first-order chi connectivity index (χ1) is 21.8. The highest BCUT2D eigenvalue weighted by atomic mass is 16.2. The first-order valence-electron chi connectivity index (χ1n) is 15.9. The van der Waals surface area contributed by atoms with Crippen LogP contribution in [-0.4, -0.2) is 116 Å². The lowest BCUT2D eigenvalue weighted by Crippen LogP contribution is -2.57. The summed E-state index contributed by atoms with van der Waals surface area (Å²) in [5.41, 5.74) is 0. The van der Waals surface area contributed by atoms with Gasteiger partial charge in [-0.05, 0) is 38.1 Å². The van der Waals surface area contributed by atoms with E-state index < -0.39 is 60.1 Å². The molecule has 1 fully saturated rings. The van der Waals surface area contributed by atoms with Gasteiger partial charge in [0.15, 0.2) is 0 Å². The number of Topliss-reactive ketones (excluding diaryl/α,β-unsaturated/α-hetero) is 1. The molecule has 258 valence electrons. The van der Waals surface area contributed by atoms with Crippen molar-refractivity contribution in [3.8, 4) is 0 Å². The summed E-state index contributed by atoms with van der Waals surface area (Å²) >= 11 is 0. The van der Waals surface area contributed by atoms with Gasteiger partial charge < -0.3 is 36.2 Å². The van der Waals surface area contributed by atoms with Crippen LogP contribution in [0.4, 0.5) is 0 Å². The molecule has 1 aliphatic heterocycles. The number of allylic oxidation sites excluding steroid dienone is 4. The van der Waals surface area contributed by atoms with Crippen LogP contribution in [0, 0.1) is 17.8 Å². The third-order valence-electron chi connectivity index (χ3n) is 8.09. The molecule has 0 spiro atoms. The van der Waals surface area contributed by atoms with Gasteiger partial charge in [-0.1, -0.05) is 70.6 Å². The number of ketones is 1. The molecule has 46 heavy (non-hydrogen) atoms. The molecule has 2 aliphatic rings. The topological polar surface area (TPSA) is 177 Å². The molecule has 13 heteroatoms. The van der Waals surface area contributed by atoms with E-state index in [9.17, 15) is 28.8 Å². The third-order valence-corrected chi connectivity index (χ3v) is 8.09. The van der Waals surface area contributed by atoms with E-state index in [0.717, 1.165) is 13.5 Å². The summed E-state index contributed by atoms with van der Waals surface area (Å²) in [5, 5.41) is 17.8. The Morgan fingerprint density at radius 3 is 2.09 bits per heavy atom. The van der Waals surface area contributed by atoms with Gasteiger partial charge in [-0.25, -0.2) is 0 Å². The van der Waals surface area contributed by atoms with E-state index in [1.807, 2.05) is 39.8 Å². The number of likely N-dealkylation sites (N-methyl/N-ethyl adjacent to an activating group) is 2. The van der Waals surface area contributed by atoms with Crippen molar-refractivity contribution in [3.63, 3.8) is 0 Å². The Morgan fingerprint density at radius 1 is 0.957 bits per heavy atom. The maximum Gasteiger partial charge on any atom is 0.290 e. The second-order valence-electron chi connectivity index (χ2n) is 12.1. The standard InChI is InChI=1S/C32H50N6O6.CH4O/c1-8-21(4)18-23(35-29(41)24-16-13-17-38(24)32(44)26(33-5)20(2)3)28(40)30(42)34-19-25(39)36-27(31(43)37(6)7)22-14-11-9-10-12-15-22;1-2/h9-12,14-15,20-24,26-27,33H,8,13,16-19H2,1-7H3,(H,34,42)(H,35,41)(H,36,39);2H,1H3. The molecule has 5 unspecified atom stereocenters. The van der Waals surface area contributed by atoms with E-state index in [4.69, 9.17) is 5.11 Å². The minimum absolute atomic E-state index is 0.0178. The van der Waals surface area contributed by atoms with Crippen LogP contribution in [0.1, 0.15) is 53.4 Å². The first-order valence-corrected chi connectivity index (χ1v) is 15.9. The summed E-state index contributed by atoms with van der Waals surface area (Å²) in [6.07, 6.45) is 12.8. The number of aliphatic hydroxyl groups is 1. The Labute approximate surface area is 273 Å². The number of likely N-dealkylation sites (tertiary alicyclic amines) is 1. The minimum atomic E-state index is -1.12. The van der Waals surface area contributed by atoms with Crippen LogP contribution in [0.3, 0.4) is 0 Å². The van der Waals surface area contributed by atoms with Crippen LogP contribution in [0.25, 0.3) is 0 Å². The van der Waals surface area contributed by atoms with Crippen molar-refractivity contribution in [1.82, 2.24) is 31.1 Å². The van der Waals surface area contributed by atoms with E-state index >= 15 is 0 Å². The zero-order valence-electron chi connectivity index (χ0n) is 28.5. The summed E-state index contributed by atoms with van der Waals surface area (Å²) < 4.78 is 0. The molecule has 0 saturated carbocycles. The van der Waals surface area contributed by atoms with Crippen molar-refractivity contribution in [2.45, 2.75) is 77.5 Å². The van der Waals surface area contributed by atoms with Gasteiger partial charge in [-0.3, -0.25) is 28.8 Å². The Kier molecular flexibility index (Phi) is 17.7. The summed E-state index contributed by atoms with van der Waals surface area (Å²) in [6.45, 7) is 7.61. The second-order valence-corrected chi connectivity index (χ2v) is 12.1. The van der Waals surface area contributed by atoms with E-state index in [0.29, 0.717) is 19.4 Å². The fourth-order valence-corrected chi connectivity index (χ4v) is 5.32. The Bertz CT molecular complexity index is 1130. The number of hydrogen-bond donors (Lipinski definition) is 5. The normalized spacial score (nSPS) is 18.4. The molecule has 1 heterocycles. The Balaban J connectivity index is 0.00000518. The second kappa shape index (κ2) is 20.3. The summed E-state index contributed by atoms with van der Waals surface area (Å²) in [7, 11) is 5.87. The maximum absolute atomic E-state index is 13.4. The van der Waals surface area contributed by atoms with Gasteiger partial charge in [-0.15, -0.1) is 0 Å². The summed E-state index contributed by atoms with van der Waals surface area (Å²) in [6, 6.07) is -3.23. The average Bonchev–Trinajstić information content (AvgIpc) is 3.38. The lowest BCUT2D eigenvalue weighted by Gasteiger charge is -2.31. The minimum Gasteiger partial charge on any atom is -0.400 e. The lowest BCUT2D eigenvalue weighted by atomic mass is 9.95. The van der Waals surface area contributed by atoms with Gasteiger partial charge in [0.05, 0.1) is 18.6 Å². The number of aliphatic hydroxyl groups excluding tert-OH is 1. The fraction of sp³-hybridized carbons (Fsp3) is 0.636. The van der Waals surface area contributed by atoms with Gasteiger partial charge in [-0.2, -0.15) is 0 Å². The summed E-state index contributed by atoms with van der Waals surface area (Å²) in [5.74, 6) is -3.89. The van der Waals surface area contributed by atoms with Gasteiger partial charge >= 0.3 is 0 Å². The average molecular weight is 647 g/mol. The molecule has 0 aromatic rings. The van der Waals surface area contributed by atoms with Crippen LogP contribution in [0.5, 0.6) is 0 Å². The molecule has 13 nitrogen and oxygen atoms in total. The number of carbonyl (C=O) groups is 6. The molecule has 1 aliphatic carbocycles. The van der Waals surface area contributed by atoms with Crippen LogP contribution < -0.4 is 21.3 Å². The van der Waals surface area contributed by atoms with Crippen molar-refractivity contribution < 1.29 is 33.9 Å². The largest absolute Gasteiger partial charge is 0.400 e. The smallest absolute Gasteiger partial charge is 0.290 e. The number of carbonyl (C=O) groups excluding carboxylic acids is 6. The lowest BCUT2D eigenvalue weighted by molar-refractivity contribution is -0.143. The zero-order chi connectivity index (χ0) is 35.0. The number of rotatable bonds is 15. The molecule has 5 amide bonds. The molecule has 5 N–H and O–H groups in total. The van der Waals surface area contributed by atoms with Crippen LogP contribution >= 0.6 is 0 Å². The third kappa shape index (κ3) is 11.8. The number of amides is 5. The SMILES string of the molecule is CCC(C)CC(NC(=O)C1CCCN1C(=O)C(NC)C(C)C)C(=O)C(=O)NCC(=O)NC(C(=O)N(C)C)C1C=CC=CC=C1.CO. The molecule has 0 radical (unpaired) electrons. The molecular formula is C33H54N6O7. The predicted octanol–water partition coefficient (Wildman–Crippen LogP) is 0.308. The highest BCUT2D eigenvalue weighted by Gasteiger charge is 2.39. The summed E-state index contributed by atoms with van der Waals surface area (Å²) in [4.78, 5) is 81.4. The van der Waals surface area contributed by atoms with Crippen LogP contribution in [0.15, 0.2) is 36.5 Å². The Morgan fingerprint density at radius 2 is 1.57 bits per heavy atom. The molecule has 5 atom stereocenters. The van der Waals surface area contributed by atoms with Gasteiger partial charge in [0.1, 0.15) is 12.1 Å².